The van der Waals surface area contributed by atoms with E-state index >= 15 is 0 Å². The number of amides is 1. The molecule has 1 aliphatic carbocycles. The fourth-order valence-electron chi connectivity index (χ4n) is 2.89. The largest absolute Gasteiger partial charge is 0.395 e. The van der Waals surface area contributed by atoms with Crippen LogP contribution in [0.2, 0.25) is 0 Å². The SMILES string of the molecule is CCc1cc(C(=O)N(CCO)C2CCCC2)sc1C. The van der Waals surface area contributed by atoms with Crippen LogP contribution >= 0.6 is 11.3 Å². The Kier molecular flexibility index (Phi) is 4.99. The zero-order valence-corrected chi connectivity index (χ0v) is 12.6. The highest BCUT2D eigenvalue weighted by Crippen LogP contribution is 2.28. The second-order valence-electron chi connectivity index (χ2n) is 5.21. The van der Waals surface area contributed by atoms with Gasteiger partial charge in [0.1, 0.15) is 0 Å². The van der Waals surface area contributed by atoms with Gasteiger partial charge in [0.15, 0.2) is 0 Å². The number of hydrogen-bond acceptors (Lipinski definition) is 3. The van der Waals surface area contributed by atoms with Gasteiger partial charge in [-0.15, -0.1) is 11.3 Å². The van der Waals surface area contributed by atoms with Crippen molar-refractivity contribution in [2.45, 2.75) is 52.0 Å². The summed E-state index contributed by atoms with van der Waals surface area (Å²) in [5.41, 5.74) is 1.27. The molecule has 0 aromatic carbocycles. The second kappa shape index (κ2) is 6.53. The number of rotatable bonds is 5. The maximum absolute atomic E-state index is 12.6. The molecule has 4 heteroatoms. The van der Waals surface area contributed by atoms with Gasteiger partial charge in [0.25, 0.3) is 5.91 Å². The Balaban J connectivity index is 2.17. The molecule has 1 heterocycles. The predicted octanol–water partition coefficient (Wildman–Crippen LogP) is 3.00. The summed E-state index contributed by atoms with van der Waals surface area (Å²) in [6.45, 7) is 4.70. The summed E-state index contributed by atoms with van der Waals surface area (Å²) in [7, 11) is 0. The molecular formula is C15H23NO2S. The summed E-state index contributed by atoms with van der Waals surface area (Å²) < 4.78 is 0. The average molecular weight is 281 g/mol. The molecule has 1 saturated carbocycles. The maximum atomic E-state index is 12.6. The van der Waals surface area contributed by atoms with E-state index in [2.05, 4.69) is 13.8 Å². The van der Waals surface area contributed by atoms with E-state index in [-0.39, 0.29) is 12.5 Å². The molecule has 0 unspecified atom stereocenters. The van der Waals surface area contributed by atoms with Gasteiger partial charge in [0.2, 0.25) is 0 Å². The first-order valence-electron chi connectivity index (χ1n) is 7.18. The lowest BCUT2D eigenvalue weighted by atomic mass is 10.1. The maximum Gasteiger partial charge on any atom is 0.264 e. The van der Waals surface area contributed by atoms with Crippen LogP contribution in [-0.2, 0) is 6.42 Å². The van der Waals surface area contributed by atoms with Crippen LogP contribution in [0.15, 0.2) is 6.07 Å². The Labute approximate surface area is 119 Å². The lowest BCUT2D eigenvalue weighted by molar-refractivity contribution is 0.0643. The van der Waals surface area contributed by atoms with Crippen molar-refractivity contribution in [1.82, 2.24) is 4.90 Å². The highest BCUT2D eigenvalue weighted by Gasteiger charge is 2.28. The number of thiophene rings is 1. The van der Waals surface area contributed by atoms with Crippen molar-refractivity contribution in [2.75, 3.05) is 13.2 Å². The van der Waals surface area contributed by atoms with Crippen LogP contribution in [-0.4, -0.2) is 35.1 Å². The van der Waals surface area contributed by atoms with E-state index in [1.807, 2.05) is 11.0 Å². The third kappa shape index (κ3) is 3.18. The summed E-state index contributed by atoms with van der Waals surface area (Å²) in [5.74, 6) is 0.105. The van der Waals surface area contributed by atoms with Crippen LogP contribution in [0.3, 0.4) is 0 Å². The third-order valence-electron chi connectivity index (χ3n) is 3.98. The molecule has 3 nitrogen and oxygen atoms in total. The van der Waals surface area contributed by atoms with E-state index in [1.54, 1.807) is 11.3 Å². The first-order valence-corrected chi connectivity index (χ1v) is 8.00. The van der Waals surface area contributed by atoms with Gasteiger partial charge in [-0.05, 0) is 37.8 Å². The van der Waals surface area contributed by atoms with Crippen molar-refractivity contribution < 1.29 is 9.90 Å². The molecule has 19 heavy (non-hydrogen) atoms. The predicted molar refractivity (Wildman–Crippen MR) is 78.8 cm³/mol. The second-order valence-corrected chi connectivity index (χ2v) is 6.46. The van der Waals surface area contributed by atoms with E-state index in [0.717, 1.165) is 24.1 Å². The molecule has 0 atom stereocenters. The number of aryl methyl sites for hydroxylation is 2. The normalized spacial score (nSPS) is 15.9. The van der Waals surface area contributed by atoms with Crippen molar-refractivity contribution in [2.24, 2.45) is 0 Å². The number of hydrogen-bond donors (Lipinski definition) is 1. The molecular weight excluding hydrogens is 258 g/mol. The molecule has 0 bridgehead atoms. The number of nitrogens with zero attached hydrogens (tertiary/aromatic N) is 1. The van der Waals surface area contributed by atoms with Crippen molar-refractivity contribution in [1.29, 1.82) is 0 Å². The topological polar surface area (TPSA) is 40.5 Å². The lowest BCUT2D eigenvalue weighted by Crippen LogP contribution is -2.40. The Bertz CT molecular complexity index is 435. The molecule has 1 fully saturated rings. The van der Waals surface area contributed by atoms with Gasteiger partial charge < -0.3 is 10.0 Å². The van der Waals surface area contributed by atoms with E-state index in [9.17, 15) is 9.90 Å². The summed E-state index contributed by atoms with van der Waals surface area (Å²) >= 11 is 1.59. The Hall–Kier alpha value is -0.870. The molecule has 2 rings (SSSR count). The number of aliphatic hydroxyl groups is 1. The number of carbonyl (C=O) groups excluding carboxylic acids is 1. The minimum atomic E-state index is 0.0488. The molecule has 1 amide bonds. The molecule has 1 aromatic heterocycles. The Morgan fingerprint density at radius 2 is 2.16 bits per heavy atom. The zero-order valence-electron chi connectivity index (χ0n) is 11.8. The van der Waals surface area contributed by atoms with Crippen molar-refractivity contribution in [3.63, 3.8) is 0 Å². The first kappa shape index (κ1) is 14.5. The number of carbonyl (C=O) groups is 1. The molecule has 0 radical (unpaired) electrons. The van der Waals surface area contributed by atoms with E-state index in [1.165, 1.54) is 23.3 Å². The standard InChI is InChI=1S/C15H23NO2S/c1-3-12-10-14(19-11(12)2)15(18)16(8-9-17)13-6-4-5-7-13/h10,13,17H,3-9H2,1-2H3. The smallest absolute Gasteiger partial charge is 0.264 e. The summed E-state index contributed by atoms with van der Waals surface area (Å²) in [6, 6.07) is 2.36. The van der Waals surface area contributed by atoms with Crippen LogP contribution in [0, 0.1) is 6.92 Å². The van der Waals surface area contributed by atoms with Gasteiger partial charge in [-0.3, -0.25) is 4.79 Å². The monoisotopic (exact) mass is 281 g/mol. The number of aliphatic hydroxyl groups excluding tert-OH is 1. The van der Waals surface area contributed by atoms with Crippen LogP contribution < -0.4 is 0 Å². The first-order chi connectivity index (χ1) is 9.17. The van der Waals surface area contributed by atoms with Gasteiger partial charge in [0.05, 0.1) is 11.5 Å². The quantitative estimate of drug-likeness (QED) is 0.901. The van der Waals surface area contributed by atoms with Gasteiger partial charge >= 0.3 is 0 Å². The summed E-state index contributed by atoms with van der Waals surface area (Å²) in [6.07, 6.45) is 5.53. The van der Waals surface area contributed by atoms with Crippen LogP contribution in [0.1, 0.15) is 52.7 Å². The average Bonchev–Trinajstić information content (AvgIpc) is 3.04. The van der Waals surface area contributed by atoms with Gasteiger partial charge in [-0.2, -0.15) is 0 Å². The molecule has 1 N–H and O–H groups in total. The van der Waals surface area contributed by atoms with Crippen LogP contribution in [0.5, 0.6) is 0 Å². The van der Waals surface area contributed by atoms with Crippen molar-refractivity contribution in [3.8, 4) is 0 Å². The van der Waals surface area contributed by atoms with Crippen molar-refractivity contribution >= 4 is 17.2 Å². The fourth-order valence-corrected chi connectivity index (χ4v) is 3.96. The highest BCUT2D eigenvalue weighted by atomic mass is 32.1. The molecule has 0 spiro atoms. The van der Waals surface area contributed by atoms with Crippen LogP contribution in [0.25, 0.3) is 0 Å². The van der Waals surface area contributed by atoms with Gasteiger partial charge in [-0.25, -0.2) is 0 Å². The molecule has 0 saturated heterocycles. The summed E-state index contributed by atoms with van der Waals surface area (Å²) in [4.78, 5) is 16.6. The fraction of sp³-hybridized carbons (Fsp3) is 0.667. The molecule has 1 aromatic rings. The minimum Gasteiger partial charge on any atom is -0.395 e. The van der Waals surface area contributed by atoms with Crippen LogP contribution in [0.4, 0.5) is 0 Å². The van der Waals surface area contributed by atoms with Gasteiger partial charge in [0, 0.05) is 17.5 Å². The third-order valence-corrected chi connectivity index (χ3v) is 5.06. The Morgan fingerprint density at radius 1 is 1.47 bits per heavy atom. The van der Waals surface area contributed by atoms with Gasteiger partial charge in [-0.1, -0.05) is 19.8 Å². The lowest BCUT2D eigenvalue weighted by Gasteiger charge is -2.27. The summed E-state index contributed by atoms with van der Waals surface area (Å²) in [5, 5.41) is 9.21. The van der Waals surface area contributed by atoms with E-state index < -0.39 is 0 Å². The molecule has 0 aliphatic heterocycles. The molecule has 1 aliphatic rings. The minimum absolute atomic E-state index is 0.0488. The molecule has 106 valence electrons. The Morgan fingerprint density at radius 3 is 2.68 bits per heavy atom. The van der Waals surface area contributed by atoms with E-state index in [4.69, 9.17) is 0 Å². The zero-order chi connectivity index (χ0) is 13.8. The van der Waals surface area contributed by atoms with Crippen molar-refractivity contribution in [3.05, 3.63) is 21.4 Å². The highest BCUT2D eigenvalue weighted by molar-refractivity contribution is 7.14. The van der Waals surface area contributed by atoms with E-state index in [0.29, 0.717) is 12.6 Å².